The van der Waals surface area contributed by atoms with E-state index in [1.807, 2.05) is 11.0 Å². The van der Waals surface area contributed by atoms with Gasteiger partial charge in [-0.3, -0.25) is 14.4 Å². The Bertz CT molecular complexity index is 736. The molecule has 0 aromatic carbocycles. The minimum Gasteiger partial charge on any atom is -0.349 e. The maximum Gasteiger partial charge on any atom is 0.248 e. The van der Waals surface area contributed by atoms with Crippen molar-refractivity contribution in [1.29, 1.82) is 0 Å². The van der Waals surface area contributed by atoms with Crippen molar-refractivity contribution in [2.24, 2.45) is 5.92 Å². The fourth-order valence-electron chi connectivity index (χ4n) is 4.62. The molecule has 2 aliphatic carbocycles. The number of amides is 2. The lowest BCUT2D eigenvalue weighted by Crippen LogP contribution is -2.39. The van der Waals surface area contributed by atoms with Gasteiger partial charge in [-0.1, -0.05) is 12.8 Å². The fourth-order valence-corrected chi connectivity index (χ4v) is 4.62. The molecule has 1 aliphatic heterocycles. The summed E-state index contributed by atoms with van der Waals surface area (Å²) in [6.07, 6.45) is 7.49. The van der Waals surface area contributed by atoms with Crippen molar-refractivity contribution in [3.63, 3.8) is 0 Å². The molecule has 2 unspecified atom stereocenters. The monoisotopic (exact) mass is 343 g/mol. The van der Waals surface area contributed by atoms with Gasteiger partial charge in [0.15, 0.2) is 0 Å². The lowest BCUT2D eigenvalue weighted by Gasteiger charge is -2.27. The van der Waals surface area contributed by atoms with Crippen LogP contribution in [0.15, 0.2) is 16.9 Å². The predicted molar refractivity (Wildman–Crippen MR) is 93.0 cm³/mol. The molecule has 1 saturated carbocycles. The second-order valence-electron chi connectivity index (χ2n) is 7.60. The summed E-state index contributed by atoms with van der Waals surface area (Å²) >= 11 is 0. The van der Waals surface area contributed by atoms with Crippen molar-refractivity contribution in [2.75, 3.05) is 6.54 Å². The van der Waals surface area contributed by atoms with Crippen molar-refractivity contribution in [2.45, 2.75) is 63.5 Å². The van der Waals surface area contributed by atoms with Gasteiger partial charge in [-0.15, -0.1) is 0 Å². The lowest BCUT2D eigenvalue weighted by atomic mass is 9.91. The quantitative estimate of drug-likeness (QED) is 0.876. The molecule has 2 amide bonds. The Morgan fingerprint density at radius 1 is 1.12 bits per heavy atom. The van der Waals surface area contributed by atoms with Crippen molar-refractivity contribution in [1.82, 2.24) is 15.2 Å². The molecule has 2 N–H and O–H groups in total. The van der Waals surface area contributed by atoms with Crippen LogP contribution in [-0.4, -0.2) is 34.3 Å². The number of hydrogen-bond acceptors (Lipinski definition) is 3. The number of rotatable bonds is 3. The third kappa shape index (κ3) is 3.22. The van der Waals surface area contributed by atoms with Gasteiger partial charge in [0.2, 0.25) is 17.4 Å². The van der Waals surface area contributed by atoms with Crippen LogP contribution in [0.1, 0.15) is 62.2 Å². The number of nitrogens with zero attached hydrogens (tertiary/aromatic N) is 1. The van der Waals surface area contributed by atoms with Crippen LogP contribution in [-0.2, 0) is 16.0 Å². The van der Waals surface area contributed by atoms with Crippen LogP contribution < -0.4 is 10.9 Å². The highest BCUT2D eigenvalue weighted by Gasteiger charge is 2.39. The highest BCUT2D eigenvalue weighted by Crippen LogP contribution is 2.31. The lowest BCUT2D eigenvalue weighted by molar-refractivity contribution is -0.130. The summed E-state index contributed by atoms with van der Waals surface area (Å²) < 4.78 is 0. The molecule has 2 fully saturated rings. The van der Waals surface area contributed by atoms with Crippen LogP contribution in [0, 0.1) is 5.92 Å². The summed E-state index contributed by atoms with van der Waals surface area (Å²) in [5.74, 6) is -0.153. The Morgan fingerprint density at radius 3 is 2.72 bits per heavy atom. The van der Waals surface area contributed by atoms with Gasteiger partial charge in [0, 0.05) is 30.8 Å². The Labute approximate surface area is 147 Å². The molecule has 6 nitrogen and oxygen atoms in total. The number of aromatic nitrogens is 1. The first-order valence-electron chi connectivity index (χ1n) is 9.44. The van der Waals surface area contributed by atoms with Gasteiger partial charge in [0.25, 0.3) is 0 Å². The summed E-state index contributed by atoms with van der Waals surface area (Å²) in [6, 6.07) is 3.61. The molecule has 25 heavy (non-hydrogen) atoms. The van der Waals surface area contributed by atoms with E-state index in [2.05, 4.69) is 10.3 Å². The molecular weight excluding hydrogens is 318 g/mol. The van der Waals surface area contributed by atoms with Crippen LogP contribution in [0.4, 0.5) is 0 Å². The van der Waals surface area contributed by atoms with E-state index in [4.69, 9.17) is 0 Å². The van der Waals surface area contributed by atoms with Crippen molar-refractivity contribution in [3.8, 4) is 0 Å². The second kappa shape index (κ2) is 6.65. The van der Waals surface area contributed by atoms with Crippen LogP contribution >= 0.6 is 0 Å². The van der Waals surface area contributed by atoms with E-state index in [0.717, 1.165) is 43.4 Å². The van der Waals surface area contributed by atoms with Gasteiger partial charge in [-0.05, 0) is 43.7 Å². The summed E-state index contributed by atoms with van der Waals surface area (Å²) in [6.45, 7) is 0.556. The Balaban J connectivity index is 1.43. The Morgan fingerprint density at radius 2 is 1.92 bits per heavy atom. The third-order valence-electron chi connectivity index (χ3n) is 5.94. The van der Waals surface area contributed by atoms with Crippen molar-refractivity contribution >= 4 is 11.8 Å². The number of aryl methyl sites for hydroxylation is 1. The van der Waals surface area contributed by atoms with Gasteiger partial charge in [-0.2, -0.15) is 0 Å². The highest BCUT2D eigenvalue weighted by atomic mass is 16.2. The van der Waals surface area contributed by atoms with E-state index in [9.17, 15) is 14.4 Å². The number of nitrogens with one attached hydrogen (secondary N) is 2. The van der Waals surface area contributed by atoms with Gasteiger partial charge in [0.1, 0.15) is 0 Å². The maximum atomic E-state index is 12.7. The number of carbonyl (C=O) groups excluding carboxylic acids is 2. The summed E-state index contributed by atoms with van der Waals surface area (Å²) in [4.78, 5) is 41.4. The van der Waals surface area contributed by atoms with Gasteiger partial charge < -0.3 is 15.2 Å². The zero-order valence-corrected chi connectivity index (χ0v) is 14.4. The SMILES string of the molecule is O=C(NC1CCCc2[nH]c(=O)ccc21)C1CC(=O)N(C2CCCC2)C1. The first-order valence-corrected chi connectivity index (χ1v) is 9.44. The average molecular weight is 343 g/mol. The largest absolute Gasteiger partial charge is 0.349 e. The molecule has 134 valence electrons. The Hall–Kier alpha value is -2.11. The number of carbonyl (C=O) groups is 2. The minimum atomic E-state index is -0.249. The number of H-pyrrole nitrogens is 1. The molecule has 3 aliphatic rings. The van der Waals surface area contributed by atoms with Gasteiger partial charge >= 0.3 is 0 Å². The fraction of sp³-hybridized carbons (Fsp3) is 0.632. The minimum absolute atomic E-state index is 0.0297. The standard InChI is InChI=1S/C19H25N3O3/c23-17-9-8-14-15(20-17)6-3-7-16(14)21-19(25)12-10-18(24)22(11-12)13-4-1-2-5-13/h8-9,12-13,16H,1-7,10-11H2,(H,20,23)(H,21,25). The van der Waals surface area contributed by atoms with Gasteiger partial charge in [0.05, 0.1) is 12.0 Å². The van der Waals surface area contributed by atoms with Crippen molar-refractivity contribution < 1.29 is 9.59 Å². The zero-order valence-electron chi connectivity index (χ0n) is 14.4. The van der Waals surface area contributed by atoms with Gasteiger partial charge in [-0.25, -0.2) is 0 Å². The molecule has 2 atom stereocenters. The van der Waals surface area contributed by atoms with Crippen LogP contribution in [0.2, 0.25) is 0 Å². The molecule has 1 aromatic rings. The molecular formula is C19H25N3O3. The number of hydrogen-bond donors (Lipinski definition) is 2. The summed E-state index contributed by atoms with van der Waals surface area (Å²) in [5.41, 5.74) is 1.84. The Kier molecular flexibility index (Phi) is 4.36. The van der Waals surface area contributed by atoms with E-state index in [0.29, 0.717) is 19.0 Å². The molecule has 2 heterocycles. The summed E-state index contributed by atoms with van der Waals surface area (Å²) in [5, 5.41) is 3.13. The topological polar surface area (TPSA) is 82.3 Å². The van der Waals surface area contributed by atoms with E-state index >= 15 is 0 Å². The molecule has 0 bridgehead atoms. The normalized spacial score (nSPS) is 26.7. The molecule has 0 spiro atoms. The highest BCUT2D eigenvalue weighted by molar-refractivity contribution is 5.89. The first-order chi connectivity index (χ1) is 12.1. The molecule has 1 aromatic heterocycles. The molecule has 6 heteroatoms. The second-order valence-corrected chi connectivity index (χ2v) is 7.60. The van der Waals surface area contributed by atoms with Crippen LogP contribution in [0.5, 0.6) is 0 Å². The predicted octanol–water partition coefficient (Wildman–Crippen LogP) is 1.66. The van der Waals surface area contributed by atoms with Crippen LogP contribution in [0.25, 0.3) is 0 Å². The van der Waals surface area contributed by atoms with Crippen LogP contribution in [0.3, 0.4) is 0 Å². The number of aromatic amines is 1. The average Bonchev–Trinajstić information content (AvgIpc) is 3.24. The smallest absolute Gasteiger partial charge is 0.248 e. The summed E-state index contributed by atoms with van der Waals surface area (Å²) in [7, 11) is 0. The maximum absolute atomic E-state index is 12.7. The van der Waals surface area contributed by atoms with E-state index < -0.39 is 0 Å². The van der Waals surface area contributed by atoms with Crippen molar-refractivity contribution in [3.05, 3.63) is 33.7 Å². The van der Waals surface area contributed by atoms with E-state index in [-0.39, 0.29) is 29.3 Å². The van der Waals surface area contributed by atoms with E-state index in [1.165, 1.54) is 18.9 Å². The molecule has 0 radical (unpaired) electrons. The van der Waals surface area contributed by atoms with E-state index in [1.54, 1.807) is 0 Å². The number of likely N-dealkylation sites (tertiary alicyclic amines) is 1. The zero-order chi connectivity index (χ0) is 17.4. The molecule has 1 saturated heterocycles. The number of pyridine rings is 1. The first kappa shape index (κ1) is 16.4. The number of fused-ring (bicyclic) bond motifs is 1. The molecule has 4 rings (SSSR count). The third-order valence-corrected chi connectivity index (χ3v) is 5.94.